The average Bonchev–Trinajstić information content (AvgIpc) is 3.57. The maximum absolute atomic E-state index is 13.7. The number of rotatable bonds is 13. The third-order valence-corrected chi connectivity index (χ3v) is 12.0. The van der Waals surface area contributed by atoms with Crippen molar-refractivity contribution in [1.29, 1.82) is 0 Å². The molecule has 10 nitrogen and oxygen atoms in total. The van der Waals surface area contributed by atoms with Crippen LogP contribution in [0.2, 0.25) is 0 Å². The zero-order valence-corrected chi connectivity index (χ0v) is 30.9. The summed E-state index contributed by atoms with van der Waals surface area (Å²) in [6.07, 6.45) is 4.67. The lowest BCUT2D eigenvalue weighted by molar-refractivity contribution is -0.384. The van der Waals surface area contributed by atoms with Gasteiger partial charge in [-0.3, -0.25) is 24.6 Å². The van der Waals surface area contributed by atoms with Crippen LogP contribution in [-0.4, -0.2) is 79.0 Å². The summed E-state index contributed by atoms with van der Waals surface area (Å²) in [5.41, 5.74) is 3.54. The van der Waals surface area contributed by atoms with Gasteiger partial charge in [-0.05, 0) is 93.1 Å². The fourth-order valence-electron chi connectivity index (χ4n) is 9.10. The van der Waals surface area contributed by atoms with Gasteiger partial charge in [0.15, 0.2) is 0 Å². The van der Waals surface area contributed by atoms with Gasteiger partial charge in [-0.2, -0.15) is 0 Å². The molecule has 1 aliphatic heterocycles. The lowest BCUT2D eigenvalue weighted by Gasteiger charge is -2.62. The van der Waals surface area contributed by atoms with Gasteiger partial charge >= 0.3 is 0 Å². The number of nitro benzene ring substituents is 1. The predicted octanol–water partition coefficient (Wildman–Crippen LogP) is 6.32. The van der Waals surface area contributed by atoms with Crippen molar-refractivity contribution in [1.82, 2.24) is 20.4 Å². The maximum atomic E-state index is 13.7. The maximum Gasteiger partial charge on any atom is 0.270 e. The van der Waals surface area contributed by atoms with Gasteiger partial charge in [-0.1, -0.05) is 69.3 Å². The Kier molecular flexibility index (Phi) is 10.8. The van der Waals surface area contributed by atoms with E-state index in [1.165, 1.54) is 18.6 Å². The van der Waals surface area contributed by atoms with E-state index in [9.17, 15) is 19.7 Å². The number of carbonyl (C=O) groups is 2. The van der Waals surface area contributed by atoms with Crippen molar-refractivity contribution in [2.24, 2.45) is 23.2 Å². The number of hydrogen-bond donors (Lipinski definition) is 2. The number of fused-ring (bicyclic) bond motifs is 2. The smallest absolute Gasteiger partial charge is 0.270 e. The van der Waals surface area contributed by atoms with Crippen molar-refractivity contribution in [2.45, 2.75) is 77.5 Å². The van der Waals surface area contributed by atoms with Gasteiger partial charge in [-0.15, -0.1) is 0 Å². The highest BCUT2D eigenvalue weighted by Gasteiger charge is 2.56. The molecule has 4 aliphatic rings. The van der Waals surface area contributed by atoms with Crippen LogP contribution in [0.5, 0.6) is 5.75 Å². The fourth-order valence-corrected chi connectivity index (χ4v) is 9.10. The van der Waals surface area contributed by atoms with Crippen molar-refractivity contribution in [2.75, 3.05) is 34.3 Å². The monoisotopic (exact) mass is 695 g/mol. The third kappa shape index (κ3) is 7.82. The molecule has 1 saturated heterocycles. The zero-order valence-electron chi connectivity index (χ0n) is 30.9. The van der Waals surface area contributed by atoms with E-state index in [2.05, 4.69) is 36.3 Å². The number of likely N-dealkylation sites (N-methyl/N-ethyl adjacent to an activating group) is 1. The van der Waals surface area contributed by atoms with E-state index in [0.29, 0.717) is 59.6 Å². The minimum atomic E-state index is -0.469. The molecule has 2 amide bonds. The first kappa shape index (κ1) is 36.5. The third-order valence-electron chi connectivity index (χ3n) is 12.0. The Labute approximate surface area is 302 Å². The van der Waals surface area contributed by atoms with Crippen LogP contribution >= 0.6 is 0 Å². The molecule has 3 saturated carbocycles. The second-order valence-electron chi connectivity index (χ2n) is 15.8. The van der Waals surface area contributed by atoms with Crippen molar-refractivity contribution in [3.05, 3.63) is 93.5 Å². The van der Waals surface area contributed by atoms with E-state index in [0.717, 1.165) is 36.9 Å². The van der Waals surface area contributed by atoms with Gasteiger partial charge < -0.3 is 20.3 Å². The number of nitro groups is 1. The first-order chi connectivity index (χ1) is 24.3. The number of ether oxygens (including phenoxy) is 1. The molecule has 2 N–H and O–H groups in total. The van der Waals surface area contributed by atoms with E-state index >= 15 is 0 Å². The molecule has 3 aliphatic carbocycles. The zero-order chi connectivity index (χ0) is 36.4. The van der Waals surface area contributed by atoms with Gasteiger partial charge in [0.1, 0.15) is 5.75 Å². The Morgan fingerprint density at radius 2 is 1.84 bits per heavy atom. The highest BCUT2D eigenvalue weighted by Crippen LogP contribution is 2.61. The Hall–Kier alpha value is -4.28. The molecule has 0 unspecified atom stereocenters. The van der Waals surface area contributed by atoms with E-state index in [-0.39, 0.29) is 41.2 Å². The minimum absolute atomic E-state index is 0.104. The first-order valence-electron chi connectivity index (χ1n) is 18.3. The van der Waals surface area contributed by atoms with Crippen LogP contribution in [0.4, 0.5) is 5.69 Å². The van der Waals surface area contributed by atoms with Crippen molar-refractivity contribution >= 4 is 17.5 Å². The molecule has 0 aromatic heterocycles. The fraction of sp³-hybridized carbons (Fsp3) is 0.512. The summed E-state index contributed by atoms with van der Waals surface area (Å²) in [5, 5.41) is 18.7. The summed E-state index contributed by atoms with van der Waals surface area (Å²) in [6, 6.07) is 20.0. The Balaban J connectivity index is 1.21. The van der Waals surface area contributed by atoms with Crippen LogP contribution in [0.25, 0.3) is 11.1 Å². The van der Waals surface area contributed by atoms with Gasteiger partial charge in [0.2, 0.25) is 5.91 Å². The van der Waals surface area contributed by atoms with Crippen LogP contribution in [0.3, 0.4) is 0 Å². The molecule has 6 atom stereocenters. The lowest BCUT2D eigenvalue weighted by Crippen LogP contribution is -2.61. The second-order valence-corrected chi connectivity index (χ2v) is 15.8. The molecule has 2 bridgehead atoms. The summed E-state index contributed by atoms with van der Waals surface area (Å²) in [5.74, 6) is 2.09. The molecule has 10 heteroatoms. The number of methoxy groups -OCH3 is 1. The van der Waals surface area contributed by atoms with Crippen molar-refractivity contribution in [3.8, 4) is 16.9 Å². The van der Waals surface area contributed by atoms with Crippen LogP contribution in [0, 0.1) is 33.3 Å². The molecule has 3 aromatic rings. The van der Waals surface area contributed by atoms with Gasteiger partial charge in [-0.25, -0.2) is 0 Å². The van der Waals surface area contributed by atoms with Gasteiger partial charge in [0, 0.05) is 54.0 Å². The molecule has 0 radical (unpaired) electrons. The average molecular weight is 696 g/mol. The number of likely N-dealkylation sites (tertiary alicyclic amines) is 1. The topological polar surface area (TPSA) is 117 Å². The van der Waals surface area contributed by atoms with Crippen molar-refractivity contribution in [3.63, 3.8) is 0 Å². The van der Waals surface area contributed by atoms with Crippen LogP contribution in [0.15, 0.2) is 66.7 Å². The summed E-state index contributed by atoms with van der Waals surface area (Å²) in [6.45, 7) is 8.94. The predicted molar refractivity (Wildman–Crippen MR) is 200 cm³/mol. The Bertz CT molecular complexity index is 1740. The van der Waals surface area contributed by atoms with Gasteiger partial charge in [0.05, 0.1) is 18.1 Å². The van der Waals surface area contributed by atoms with E-state index in [1.54, 1.807) is 13.2 Å². The number of benzene rings is 3. The second kappa shape index (κ2) is 15.1. The number of nitrogens with zero attached hydrogens (tertiary/aromatic N) is 3. The molecule has 272 valence electrons. The molecule has 4 fully saturated rings. The number of hydrogen-bond acceptors (Lipinski definition) is 7. The van der Waals surface area contributed by atoms with Gasteiger partial charge in [0.25, 0.3) is 11.6 Å². The highest BCUT2D eigenvalue weighted by molar-refractivity contribution is 5.97. The van der Waals surface area contributed by atoms with E-state index in [1.807, 2.05) is 67.5 Å². The van der Waals surface area contributed by atoms with Crippen molar-refractivity contribution < 1.29 is 19.2 Å². The van der Waals surface area contributed by atoms with Crippen LogP contribution in [-0.2, 0) is 17.8 Å². The Morgan fingerprint density at radius 3 is 2.51 bits per heavy atom. The van der Waals surface area contributed by atoms with E-state index in [4.69, 9.17) is 4.74 Å². The SMILES string of the molecule is COc1c(CN2CCC[C@H]2C(=O)N[C@H]2C[C@H]3C[C@@H]([C@@H]2C)C3(C)C)cccc1-c1cc(C(=O)N[C@@H](Cc2ccccc2)CN(C)C)cc([N+](=O)[O-])c1. The quantitative estimate of drug-likeness (QED) is 0.159. The molecular weight excluding hydrogens is 642 g/mol. The summed E-state index contributed by atoms with van der Waals surface area (Å²) in [7, 11) is 5.49. The normalized spacial score (nSPS) is 24.4. The number of amides is 2. The first-order valence-corrected chi connectivity index (χ1v) is 18.3. The summed E-state index contributed by atoms with van der Waals surface area (Å²) in [4.78, 5) is 43.4. The Morgan fingerprint density at radius 1 is 1.08 bits per heavy atom. The van der Waals surface area contributed by atoms with Crippen LogP contribution in [0.1, 0.15) is 67.9 Å². The summed E-state index contributed by atoms with van der Waals surface area (Å²) < 4.78 is 5.98. The molecule has 7 rings (SSSR count). The highest BCUT2D eigenvalue weighted by atomic mass is 16.6. The lowest BCUT2D eigenvalue weighted by atomic mass is 9.45. The largest absolute Gasteiger partial charge is 0.496 e. The molecule has 3 aromatic carbocycles. The molecular formula is C41H53N5O5. The number of non-ortho nitro benzene ring substituents is 1. The standard InChI is InChI=1S/C41H53N5O5/c1-26-35-22-31(41(35,2)3)23-36(26)43-40(48)37-16-11-17-45(37)24-28-14-10-15-34(38(28)51-6)29-19-30(21-33(20-29)46(49)50)39(47)42-32(25-44(4)5)18-27-12-8-7-9-13-27/h7-10,12-15,19-21,26,31-32,35-37H,11,16-18,22-25H2,1-6H3,(H,42,47)(H,43,48)/t26-,31+,32-,35-,36-,37-/m0/s1. The molecule has 51 heavy (non-hydrogen) atoms. The molecule has 1 heterocycles. The van der Waals surface area contributed by atoms with E-state index < -0.39 is 4.92 Å². The number of para-hydroxylation sites is 1. The minimum Gasteiger partial charge on any atom is -0.496 e. The molecule has 0 spiro atoms. The summed E-state index contributed by atoms with van der Waals surface area (Å²) >= 11 is 0. The van der Waals surface area contributed by atoms with Crippen LogP contribution < -0.4 is 15.4 Å². The number of carbonyl (C=O) groups excluding carboxylic acids is 2. The number of nitrogens with one attached hydrogen (secondary N) is 2.